The molecule has 3 nitrogen and oxygen atoms in total. The van der Waals surface area contributed by atoms with Crippen LogP contribution < -0.4 is 5.32 Å². The molecule has 0 aromatic carbocycles. The molecule has 0 radical (unpaired) electrons. The van der Waals surface area contributed by atoms with Gasteiger partial charge in [0.15, 0.2) is 0 Å². The van der Waals surface area contributed by atoms with E-state index in [9.17, 15) is 0 Å². The van der Waals surface area contributed by atoms with E-state index in [0.29, 0.717) is 6.10 Å². The Morgan fingerprint density at radius 3 is 2.77 bits per heavy atom. The maximum absolute atomic E-state index is 5.53. The molecule has 1 aliphatic heterocycles. The monoisotopic (exact) mass is 187 g/mol. The highest BCUT2D eigenvalue weighted by molar-refractivity contribution is 4.63. The molecule has 1 N–H and O–H groups in total. The van der Waals surface area contributed by atoms with Gasteiger partial charge in [0.1, 0.15) is 6.10 Å². The van der Waals surface area contributed by atoms with E-state index in [4.69, 9.17) is 9.47 Å². The SMILES string of the molecule is CCCNCCCCOC1COC1. The molecule has 0 aromatic heterocycles. The minimum absolute atomic E-state index is 0.392. The lowest BCUT2D eigenvalue weighted by Gasteiger charge is -2.25. The van der Waals surface area contributed by atoms with Crippen LogP contribution >= 0.6 is 0 Å². The van der Waals surface area contributed by atoms with Crippen LogP contribution in [0.4, 0.5) is 0 Å². The van der Waals surface area contributed by atoms with E-state index in [-0.39, 0.29) is 0 Å². The summed E-state index contributed by atoms with van der Waals surface area (Å²) in [6.45, 7) is 6.94. The van der Waals surface area contributed by atoms with Crippen molar-refractivity contribution < 1.29 is 9.47 Å². The van der Waals surface area contributed by atoms with Gasteiger partial charge in [0.25, 0.3) is 0 Å². The minimum atomic E-state index is 0.392. The normalized spacial score (nSPS) is 17.3. The van der Waals surface area contributed by atoms with E-state index < -0.39 is 0 Å². The number of ether oxygens (including phenoxy) is 2. The average molecular weight is 187 g/mol. The van der Waals surface area contributed by atoms with Gasteiger partial charge in [-0.1, -0.05) is 6.92 Å². The maximum Gasteiger partial charge on any atom is 0.104 e. The highest BCUT2D eigenvalue weighted by Gasteiger charge is 2.17. The molecule has 0 aromatic rings. The first-order valence-electron chi connectivity index (χ1n) is 5.33. The van der Waals surface area contributed by atoms with Crippen molar-refractivity contribution in [1.29, 1.82) is 0 Å². The summed E-state index contributed by atoms with van der Waals surface area (Å²) in [6.07, 6.45) is 3.99. The van der Waals surface area contributed by atoms with Gasteiger partial charge in [-0.25, -0.2) is 0 Å². The van der Waals surface area contributed by atoms with Crippen LogP contribution in [0.5, 0.6) is 0 Å². The molecule has 0 unspecified atom stereocenters. The maximum atomic E-state index is 5.53. The molecule has 0 spiro atoms. The van der Waals surface area contributed by atoms with Gasteiger partial charge in [-0.3, -0.25) is 0 Å². The van der Waals surface area contributed by atoms with Crippen LogP contribution in [-0.4, -0.2) is 39.0 Å². The van der Waals surface area contributed by atoms with Gasteiger partial charge < -0.3 is 14.8 Å². The fraction of sp³-hybridized carbons (Fsp3) is 1.00. The Kier molecular flexibility index (Phi) is 6.15. The number of hydrogen-bond donors (Lipinski definition) is 1. The fourth-order valence-electron chi connectivity index (χ4n) is 1.21. The summed E-state index contributed by atoms with van der Waals surface area (Å²) in [5.41, 5.74) is 0. The molecule has 1 saturated heterocycles. The van der Waals surface area contributed by atoms with Crippen molar-refractivity contribution in [3.8, 4) is 0 Å². The first-order valence-corrected chi connectivity index (χ1v) is 5.33. The number of hydrogen-bond acceptors (Lipinski definition) is 3. The standard InChI is InChI=1S/C10H21NO2/c1-2-5-11-6-3-4-7-13-10-8-12-9-10/h10-11H,2-9H2,1H3. The fourth-order valence-corrected chi connectivity index (χ4v) is 1.21. The van der Waals surface area contributed by atoms with Gasteiger partial charge in [-0.05, 0) is 32.4 Å². The van der Waals surface area contributed by atoms with E-state index in [0.717, 1.165) is 39.3 Å². The van der Waals surface area contributed by atoms with Gasteiger partial charge in [0, 0.05) is 6.61 Å². The van der Waals surface area contributed by atoms with Crippen LogP contribution in [0.3, 0.4) is 0 Å². The highest BCUT2D eigenvalue weighted by atomic mass is 16.6. The minimum Gasteiger partial charge on any atom is -0.376 e. The second-order valence-electron chi connectivity index (χ2n) is 3.49. The summed E-state index contributed by atoms with van der Waals surface area (Å²) in [7, 11) is 0. The van der Waals surface area contributed by atoms with Crippen LogP contribution in [0.1, 0.15) is 26.2 Å². The van der Waals surface area contributed by atoms with E-state index in [1.165, 1.54) is 12.8 Å². The second kappa shape index (κ2) is 7.30. The van der Waals surface area contributed by atoms with Crippen LogP contribution in [0, 0.1) is 0 Å². The Balaban J connectivity index is 1.68. The summed E-state index contributed by atoms with van der Waals surface area (Å²) < 4.78 is 10.5. The topological polar surface area (TPSA) is 30.5 Å². The molecule has 78 valence electrons. The molecule has 1 rings (SSSR count). The largest absolute Gasteiger partial charge is 0.376 e. The Morgan fingerprint density at radius 1 is 1.31 bits per heavy atom. The molecular formula is C10H21NO2. The number of unbranched alkanes of at least 4 members (excludes halogenated alkanes) is 1. The van der Waals surface area contributed by atoms with Gasteiger partial charge in [-0.15, -0.1) is 0 Å². The molecule has 0 saturated carbocycles. The van der Waals surface area contributed by atoms with Crippen molar-refractivity contribution in [2.24, 2.45) is 0 Å². The zero-order valence-corrected chi connectivity index (χ0v) is 8.55. The first kappa shape index (κ1) is 11.0. The summed E-state index contributed by atoms with van der Waals surface area (Å²) in [4.78, 5) is 0. The van der Waals surface area contributed by atoms with Gasteiger partial charge in [0.05, 0.1) is 13.2 Å². The molecule has 1 aliphatic rings. The lowest BCUT2D eigenvalue weighted by molar-refractivity contribution is -0.129. The van der Waals surface area contributed by atoms with Crippen molar-refractivity contribution in [3.05, 3.63) is 0 Å². The van der Waals surface area contributed by atoms with Gasteiger partial charge in [0.2, 0.25) is 0 Å². The number of nitrogens with one attached hydrogen (secondary N) is 1. The van der Waals surface area contributed by atoms with Crippen molar-refractivity contribution in [2.75, 3.05) is 32.9 Å². The highest BCUT2D eigenvalue weighted by Crippen LogP contribution is 2.05. The summed E-state index contributed by atoms with van der Waals surface area (Å²) in [5.74, 6) is 0. The second-order valence-corrected chi connectivity index (χ2v) is 3.49. The third-order valence-corrected chi connectivity index (χ3v) is 2.14. The third-order valence-electron chi connectivity index (χ3n) is 2.14. The van der Waals surface area contributed by atoms with Crippen molar-refractivity contribution in [2.45, 2.75) is 32.3 Å². The lowest BCUT2D eigenvalue weighted by Crippen LogP contribution is -2.36. The zero-order chi connectivity index (χ0) is 9.36. The average Bonchev–Trinajstić information content (AvgIpc) is 2.07. The molecule has 1 heterocycles. The van der Waals surface area contributed by atoms with Crippen LogP contribution in [0.25, 0.3) is 0 Å². The molecule has 0 amide bonds. The number of rotatable bonds is 8. The zero-order valence-electron chi connectivity index (χ0n) is 8.55. The Hall–Kier alpha value is -0.120. The smallest absolute Gasteiger partial charge is 0.104 e. The summed E-state index contributed by atoms with van der Waals surface area (Å²) >= 11 is 0. The van der Waals surface area contributed by atoms with Crippen molar-refractivity contribution in [1.82, 2.24) is 5.32 Å². The van der Waals surface area contributed by atoms with Gasteiger partial charge >= 0.3 is 0 Å². The van der Waals surface area contributed by atoms with E-state index in [1.54, 1.807) is 0 Å². The quantitative estimate of drug-likeness (QED) is 0.579. The Bertz CT molecular complexity index is 115. The predicted octanol–water partition coefficient (Wildman–Crippen LogP) is 1.18. The summed E-state index contributed by atoms with van der Waals surface area (Å²) in [5, 5.41) is 3.37. The predicted molar refractivity (Wildman–Crippen MR) is 53.0 cm³/mol. The molecule has 3 heteroatoms. The molecule has 0 atom stereocenters. The van der Waals surface area contributed by atoms with Crippen LogP contribution in [-0.2, 0) is 9.47 Å². The van der Waals surface area contributed by atoms with Crippen molar-refractivity contribution in [3.63, 3.8) is 0 Å². The summed E-state index contributed by atoms with van der Waals surface area (Å²) in [6, 6.07) is 0. The van der Waals surface area contributed by atoms with E-state index in [1.807, 2.05) is 0 Å². The molecular weight excluding hydrogens is 166 g/mol. The molecule has 13 heavy (non-hydrogen) atoms. The molecule has 1 fully saturated rings. The first-order chi connectivity index (χ1) is 6.43. The van der Waals surface area contributed by atoms with E-state index in [2.05, 4.69) is 12.2 Å². The Morgan fingerprint density at radius 2 is 2.15 bits per heavy atom. The lowest BCUT2D eigenvalue weighted by atomic mass is 10.3. The van der Waals surface area contributed by atoms with E-state index >= 15 is 0 Å². The van der Waals surface area contributed by atoms with Gasteiger partial charge in [-0.2, -0.15) is 0 Å². The van der Waals surface area contributed by atoms with Crippen LogP contribution in [0.2, 0.25) is 0 Å². The van der Waals surface area contributed by atoms with Crippen LogP contribution in [0.15, 0.2) is 0 Å². The molecule has 0 aliphatic carbocycles. The van der Waals surface area contributed by atoms with Crippen molar-refractivity contribution >= 4 is 0 Å². The molecule has 0 bridgehead atoms. The third kappa shape index (κ3) is 5.24. The Labute approximate surface area is 80.8 Å².